The van der Waals surface area contributed by atoms with Gasteiger partial charge in [-0.25, -0.2) is 4.98 Å². The van der Waals surface area contributed by atoms with E-state index in [2.05, 4.69) is 43.3 Å². The minimum Gasteiger partial charge on any atom is -0.378 e. The summed E-state index contributed by atoms with van der Waals surface area (Å²) in [6.07, 6.45) is 1.87. The van der Waals surface area contributed by atoms with Gasteiger partial charge in [-0.2, -0.15) is 0 Å². The molecule has 4 nitrogen and oxygen atoms in total. The highest BCUT2D eigenvalue weighted by molar-refractivity contribution is 9.10. The van der Waals surface area contributed by atoms with Gasteiger partial charge in [0.15, 0.2) is 0 Å². The van der Waals surface area contributed by atoms with Gasteiger partial charge in [-0.3, -0.25) is 0 Å². The van der Waals surface area contributed by atoms with Crippen molar-refractivity contribution in [2.24, 2.45) is 0 Å². The summed E-state index contributed by atoms with van der Waals surface area (Å²) in [5, 5.41) is 3.38. The molecule has 1 fully saturated rings. The molecule has 1 unspecified atom stereocenters. The second-order valence-corrected chi connectivity index (χ2v) is 5.19. The smallest absolute Gasteiger partial charge is 0.126 e. The Bertz CT molecular complexity index is 535. The molecule has 0 bridgehead atoms. The van der Waals surface area contributed by atoms with Crippen molar-refractivity contribution in [2.45, 2.75) is 6.04 Å². The molecule has 1 atom stereocenters. The monoisotopic (exact) mass is 307 g/mol. The highest BCUT2D eigenvalue weighted by Gasteiger charge is 2.18. The van der Waals surface area contributed by atoms with Crippen molar-refractivity contribution in [3.63, 3.8) is 0 Å². The predicted octanol–water partition coefficient (Wildman–Crippen LogP) is 2.50. The van der Waals surface area contributed by atoms with E-state index in [0.29, 0.717) is 6.61 Å². The molecule has 5 heteroatoms. The van der Waals surface area contributed by atoms with Crippen LogP contribution in [0, 0.1) is 0 Å². The maximum absolute atomic E-state index is 5.44. The summed E-state index contributed by atoms with van der Waals surface area (Å²) in [6, 6.07) is 8.33. The first-order valence-corrected chi connectivity index (χ1v) is 6.74. The number of nitrogens with one attached hydrogen (secondary N) is 2. The van der Waals surface area contributed by atoms with E-state index in [-0.39, 0.29) is 6.04 Å². The molecule has 0 aliphatic carbocycles. The molecule has 0 saturated carbocycles. The lowest BCUT2D eigenvalue weighted by Gasteiger charge is -2.21. The number of benzene rings is 1. The van der Waals surface area contributed by atoms with E-state index in [9.17, 15) is 0 Å². The van der Waals surface area contributed by atoms with E-state index in [1.807, 2.05) is 18.3 Å². The van der Waals surface area contributed by atoms with Gasteiger partial charge in [0, 0.05) is 16.6 Å². The molecule has 1 aliphatic rings. The molecule has 1 aromatic carbocycles. The Hall–Kier alpha value is -1.17. The quantitative estimate of drug-likeness (QED) is 0.896. The maximum Gasteiger partial charge on any atom is 0.126 e. The molecule has 18 heavy (non-hydrogen) atoms. The van der Waals surface area contributed by atoms with Gasteiger partial charge in [0.05, 0.1) is 31.1 Å². The van der Waals surface area contributed by atoms with E-state index in [1.54, 1.807) is 0 Å². The van der Waals surface area contributed by atoms with E-state index in [0.717, 1.165) is 34.7 Å². The van der Waals surface area contributed by atoms with E-state index >= 15 is 0 Å². The first kappa shape index (κ1) is 11.9. The number of hydrogen-bond donors (Lipinski definition) is 2. The third kappa shape index (κ3) is 2.48. The summed E-state index contributed by atoms with van der Waals surface area (Å²) in [4.78, 5) is 7.78. The number of H-pyrrole nitrogens is 1. The molecule has 0 amide bonds. The lowest BCUT2D eigenvalue weighted by molar-refractivity contribution is 0.0745. The number of aromatic nitrogens is 2. The van der Waals surface area contributed by atoms with Crippen molar-refractivity contribution in [3.8, 4) is 11.3 Å². The van der Waals surface area contributed by atoms with Crippen molar-refractivity contribution in [2.75, 3.05) is 19.8 Å². The van der Waals surface area contributed by atoms with Gasteiger partial charge in [-0.05, 0) is 12.1 Å². The van der Waals surface area contributed by atoms with Gasteiger partial charge in [-0.15, -0.1) is 0 Å². The number of nitrogens with zero attached hydrogens (tertiary/aromatic N) is 1. The number of morpholine rings is 1. The molecule has 2 N–H and O–H groups in total. The number of ether oxygens (including phenoxy) is 1. The van der Waals surface area contributed by atoms with Gasteiger partial charge in [0.2, 0.25) is 0 Å². The van der Waals surface area contributed by atoms with Gasteiger partial charge in [0.25, 0.3) is 0 Å². The van der Waals surface area contributed by atoms with Crippen LogP contribution in [0.15, 0.2) is 34.9 Å². The molecule has 2 heterocycles. The Kier molecular flexibility index (Phi) is 3.45. The predicted molar refractivity (Wildman–Crippen MR) is 73.3 cm³/mol. The van der Waals surface area contributed by atoms with Crippen LogP contribution in [0.1, 0.15) is 11.9 Å². The summed E-state index contributed by atoms with van der Waals surface area (Å²) in [5.74, 6) is 0.935. The topological polar surface area (TPSA) is 49.9 Å². The molecular weight excluding hydrogens is 294 g/mol. The number of hydrogen-bond acceptors (Lipinski definition) is 3. The summed E-state index contributed by atoms with van der Waals surface area (Å²) < 4.78 is 6.51. The van der Waals surface area contributed by atoms with Crippen LogP contribution in [0.4, 0.5) is 0 Å². The molecule has 0 spiro atoms. The normalized spacial score (nSPS) is 19.9. The lowest BCUT2D eigenvalue weighted by atomic mass is 10.2. The Morgan fingerprint density at radius 1 is 1.39 bits per heavy atom. The Labute approximate surface area is 114 Å². The van der Waals surface area contributed by atoms with E-state index in [4.69, 9.17) is 4.74 Å². The summed E-state index contributed by atoms with van der Waals surface area (Å²) >= 11 is 3.48. The van der Waals surface area contributed by atoms with Gasteiger partial charge in [0.1, 0.15) is 5.82 Å². The first-order chi connectivity index (χ1) is 8.83. The van der Waals surface area contributed by atoms with Crippen molar-refractivity contribution >= 4 is 15.9 Å². The average Bonchev–Trinajstić information content (AvgIpc) is 2.89. The molecule has 1 aromatic heterocycles. The Balaban J connectivity index is 1.84. The lowest BCUT2D eigenvalue weighted by Crippen LogP contribution is -2.35. The van der Waals surface area contributed by atoms with Crippen LogP contribution in [0.2, 0.25) is 0 Å². The molecule has 94 valence electrons. The van der Waals surface area contributed by atoms with Crippen LogP contribution in [0.3, 0.4) is 0 Å². The molecule has 3 rings (SSSR count). The fourth-order valence-corrected chi connectivity index (χ4v) is 2.46. The van der Waals surface area contributed by atoms with E-state index < -0.39 is 0 Å². The SMILES string of the molecule is Brc1cccc(-c2cnc(C3COCCN3)[nH]2)c1. The van der Waals surface area contributed by atoms with Crippen molar-refractivity contribution in [1.29, 1.82) is 0 Å². The fourth-order valence-electron chi connectivity index (χ4n) is 2.06. The summed E-state index contributed by atoms with van der Waals surface area (Å²) in [7, 11) is 0. The van der Waals surface area contributed by atoms with Crippen molar-refractivity contribution < 1.29 is 4.74 Å². The molecule has 0 radical (unpaired) electrons. The number of aromatic amines is 1. The third-order valence-electron chi connectivity index (χ3n) is 2.98. The zero-order valence-electron chi connectivity index (χ0n) is 9.82. The summed E-state index contributed by atoms with van der Waals surface area (Å²) in [6.45, 7) is 2.32. The molecule has 1 saturated heterocycles. The zero-order valence-corrected chi connectivity index (χ0v) is 11.4. The second-order valence-electron chi connectivity index (χ2n) is 4.27. The number of imidazole rings is 1. The van der Waals surface area contributed by atoms with Crippen molar-refractivity contribution in [3.05, 3.63) is 40.8 Å². The minimum absolute atomic E-state index is 0.166. The fraction of sp³-hybridized carbons (Fsp3) is 0.308. The van der Waals surface area contributed by atoms with Crippen LogP contribution in [-0.4, -0.2) is 29.7 Å². The first-order valence-electron chi connectivity index (χ1n) is 5.95. The zero-order chi connectivity index (χ0) is 12.4. The standard InChI is InChI=1S/C13H14BrN3O/c14-10-3-1-2-9(6-10)11-7-16-13(17-11)12-8-18-5-4-15-12/h1-3,6-7,12,15H,4-5,8H2,(H,16,17). The highest BCUT2D eigenvalue weighted by Crippen LogP contribution is 2.23. The number of halogens is 1. The molecule has 1 aliphatic heterocycles. The van der Waals surface area contributed by atoms with Crippen LogP contribution in [0.25, 0.3) is 11.3 Å². The Morgan fingerprint density at radius 3 is 3.11 bits per heavy atom. The minimum atomic E-state index is 0.166. The van der Waals surface area contributed by atoms with Gasteiger partial charge in [-0.1, -0.05) is 28.1 Å². The Morgan fingerprint density at radius 2 is 2.33 bits per heavy atom. The largest absolute Gasteiger partial charge is 0.378 e. The van der Waals surface area contributed by atoms with Crippen LogP contribution in [-0.2, 0) is 4.74 Å². The van der Waals surface area contributed by atoms with Crippen molar-refractivity contribution in [1.82, 2.24) is 15.3 Å². The van der Waals surface area contributed by atoms with Crippen LogP contribution in [0.5, 0.6) is 0 Å². The van der Waals surface area contributed by atoms with Crippen LogP contribution >= 0.6 is 15.9 Å². The maximum atomic E-state index is 5.44. The van der Waals surface area contributed by atoms with Gasteiger partial charge < -0.3 is 15.0 Å². The second kappa shape index (κ2) is 5.22. The molecule has 2 aromatic rings. The third-order valence-corrected chi connectivity index (χ3v) is 3.48. The average molecular weight is 308 g/mol. The number of rotatable bonds is 2. The highest BCUT2D eigenvalue weighted by atomic mass is 79.9. The van der Waals surface area contributed by atoms with Gasteiger partial charge >= 0.3 is 0 Å². The van der Waals surface area contributed by atoms with E-state index in [1.165, 1.54) is 0 Å². The summed E-state index contributed by atoms with van der Waals surface area (Å²) in [5.41, 5.74) is 2.15. The molecular formula is C13H14BrN3O. The van der Waals surface area contributed by atoms with Crippen LogP contribution < -0.4 is 5.32 Å².